The Kier molecular flexibility index (Phi) is 3.47. The number of aromatic nitrogens is 2. The van der Waals surface area contributed by atoms with Crippen LogP contribution in [0.25, 0.3) is 0 Å². The molecule has 2 unspecified atom stereocenters. The lowest BCUT2D eigenvalue weighted by Crippen LogP contribution is -2.05. The van der Waals surface area contributed by atoms with Gasteiger partial charge in [0.2, 0.25) is 0 Å². The number of anilines is 1. The first-order valence-corrected chi connectivity index (χ1v) is 6.70. The highest BCUT2D eigenvalue weighted by Crippen LogP contribution is 2.46. The Hall–Kier alpha value is -0.640. The van der Waals surface area contributed by atoms with Crippen LogP contribution in [0.2, 0.25) is 0 Å². The summed E-state index contributed by atoms with van der Waals surface area (Å²) in [6.45, 7) is 4.43. The quantitative estimate of drug-likeness (QED) is 0.921. The fourth-order valence-corrected chi connectivity index (χ4v) is 2.50. The second-order valence-electron chi connectivity index (χ2n) is 4.51. The van der Waals surface area contributed by atoms with E-state index < -0.39 is 0 Å². The summed E-state index contributed by atoms with van der Waals surface area (Å²) in [7, 11) is 1.91. The molecule has 1 aromatic heterocycles. The van der Waals surface area contributed by atoms with E-state index in [2.05, 4.69) is 45.1 Å². The van der Waals surface area contributed by atoms with Gasteiger partial charge < -0.3 is 5.32 Å². The third-order valence-electron chi connectivity index (χ3n) is 3.10. The fourth-order valence-electron chi connectivity index (χ4n) is 1.93. The van der Waals surface area contributed by atoms with Crippen molar-refractivity contribution in [2.75, 3.05) is 12.4 Å². The van der Waals surface area contributed by atoms with Crippen molar-refractivity contribution in [1.29, 1.82) is 0 Å². The maximum Gasteiger partial charge on any atom is 0.144 e. The van der Waals surface area contributed by atoms with Gasteiger partial charge in [-0.3, -0.25) is 0 Å². The number of aryl methyl sites for hydroxylation is 1. The molecule has 1 heterocycles. The SMILES string of the molecule is CCCc1nc(C2CC2C)nc(NC)c1Br. The van der Waals surface area contributed by atoms with Gasteiger partial charge in [0.1, 0.15) is 11.6 Å². The first-order chi connectivity index (χ1) is 7.67. The third-order valence-corrected chi connectivity index (χ3v) is 3.94. The van der Waals surface area contributed by atoms with Crippen LogP contribution in [0.1, 0.15) is 44.1 Å². The number of halogens is 1. The maximum atomic E-state index is 4.69. The zero-order chi connectivity index (χ0) is 11.7. The first kappa shape index (κ1) is 11.8. The molecule has 88 valence electrons. The van der Waals surface area contributed by atoms with Crippen molar-refractivity contribution < 1.29 is 0 Å². The lowest BCUT2D eigenvalue weighted by atomic mass is 10.2. The maximum absolute atomic E-state index is 4.69. The molecule has 0 aromatic carbocycles. The van der Waals surface area contributed by atoms with Crippen molar-refractivity contribution in [1.82, 2.24) is 9.97 Å². The Morgan fingerprint density at radius 2 is 2.12 bits per heavy atom. The van der Waals surface area contributed by atoms with Crippen LogP contribution in [0.15, 0.2) is 4.47 Å². The molecule has 1 saturated carbocycles. The molecule has 3 nitrogen and oxygen atoms in total. The van der Waals surface area contributed by atoms with Crippen LogP contribution in [-0.2, 0) is 6.42 Å². The van der Waals surface area contributed by atoms with E-state index in [9.17, 15) is 0 Å². The van der Waals surface area contributed by atoms with Crippen LogP contribution in [0.4, 0.5) is 5.82 Å². The van der Waals surface area contributed by atoms with Crippen LogP contribution >= 0.6 is 15.9 Å². The van der Waals surface area contributed by atoms with Gasteiger partial charge in [-0.15, -0.1) is 0 Å². The molecule has 2 atom stereocenters. The monoisotopic (exact) mass is 283 g/mol. The molecular weight excluding hydrogens is 266 g/mol. The van der Waals surface area contributed by atoms with E-state index in [1.165, 1.54) is 6.42 Å². The average Bonchev–Trinajstić information content (AvgIpc) is 2.99. The van der Waals surface area contributed by atoms with Gasteiger partial charge in [-0.1, -0.05) is 20.3 Å². The Bertz CT molecular complexity index is 392. The zero-order valence-corrected chi connectivity index (χ0v) is 11.6. The molecule has 1 aromatic rings. The van der Waals surface area contributed by atoms with Crippen molar-refractivity contribution in [3.63, 3.8) is 0 Å². The topological polar surface area (TPSA) is 37.8 Å². The Morgan fingerprint density at radius 1 is 1.44 bits per heavy atom. The molecule has 1 aliphatic rings. The van der Waals surface area contributed by atoms with Gasteiger partial charge in [-0.05, 0) is 34.7 Å². The summed E-state index contributed by atoms with van der Waals surface area (Å²) in [6.07, 6.45) is 3.35. The predicted molar refractivity (Wildman–Crippen MR) is 69.8 cm³/mol. The number of nitrogens with one attached hydrogen (secondary N) is 1. The normalized spacial score (nSPS) is 23.2. The van der Waals surface area contributed by atoms with E-state index in [1.807, 2.05) is 7.05 Å². The van der Waals surface area contributed by atoms with Gasteiger partial charge in [0, 0.05) is 13.0 Å². The summed E-state index contributed by atoms with van der Waals surface area (Å²) in [6, 6.07) is 0. The Balaban J connectivity index is 2.36. The highest BCUT2D eigenvalue weighted by molar-refractivity contribution is 9.10. The molecule has 4 heteroatoms. The number of hydrogen-bond acceptors (Lipinski definition) is 3. The van der Waals surface area contributed by atoms with Crippen molar-refractivity contribution in [3.05, 3.63) is 16.0 Å². The third kappa shape index (κ3) is 2.21. The summed E-state index contributed by atoms with van der Waals surface area (Å²) in [5.41, 5.74) is 1.14. The largest absolute Gasteiger partial charge is 0.372 e. The van der Waals surface area contributed by atoms with Crippen LogP contribution in [0, 0.1) is 5.92 Å². The molecule has 1 N–H and O–H groups in total. The lowest BCUT2D eigenvalue weighted by Gasteiger charge is -2.10. The molecular formula is C12H18BrN3. The molecule has 2 rings (SSSR count). The lowest BCUT2D eigenvalue weighted by molar-refractivity contribution is 0.795. The molecule has 0 saturated heterocycles. The van der Waals surface area contributed by atoms with Crippen LogP contribution in [0.5, 0.6) is 0 Å². The molecule has 0 spiro atoms. The smallest absolute Gasteiger partial charge is 0.144 e. The van der Waals surface area contributed by atoms with E-state index >= 15 is 0 Å². The molecule has 0 amide bonds. The predicted octanol–water partition coefficient (Wildman–Crippen LogP) is 3.36. The Labute approximate surface area is 105 Å². The van der Waals surface area contributed by atoms with E-state index in [0.717, 1.165) is 40.6 Å². The number of rotatable bonds is 4. The molecule has 1 aliphatic carbocycles. The molecule has 16 heavy (non-hydrogen) atoms. The second-order valence-corrected chi connectivity index (χ2v) is 5.30. The second kappa shape index (κ2) is 4.70. The summed E-state index contributed by atoms with van der Waals surface area (Å²) < 4.78 is 1.02. The van der Waals surface area contributed by atoms with Crippen molar-refractivity contribution in [2.24, 2.45) is 5.92 Å². The van der Waals surface area contributed by atoms with Gasteiger partial charge in [0.25, 0.3) is 0 Å². The van der Waals surface area contributed by atoms with Gasteiger partial charge in [-0.25, -0.2) is 9.97 Å². The molecule has 0 bridgehead atoms. The molecule has 0 radical (unpaired) electrons. The van der Waals surface area contributed by atoms with Gasteiger partial charge >= 0.3 is 0 Å². The molecule has 0 aliphatic heterocycles. The average molecular weight is 284 g/mol. The summed E-state index contributed by atoms with van der Waals surface area (Å²) in [5.74, 6) is 3.27. The van der Waals surface area contributed by atoms with Crippen LogP contribution in [-0.4, -0.2) is 17.0 Å². The van der Waals surface area contributed by atoms with E-state index in [4.69, 9.17) is 0 Å². The van der Waals surface area contributed by atoms with E-state index in [-0.39, 0.29) is 0 Å². The minimum Gasteiger partial charge on any atom is -0.372 e. The fraction of sp³-hybridized carbons (Fsp3) is 0.667. The summed E-state index contributed by atoms with van der Waals surface area (Å²) in [4.78, 5) is 9.26. The number of hydrogen-bond donors (Lipinski definition) is 1. The van der Waals surface area contributed by atoms with Crippen molar-refractivity contribution in [2.45, 2.75) is 39.0 Å². The molecule has 1 fully saturated rings. The van der Waals surface area contributed by atoms with Crippen molar-refractivity contribution >= 4 is 21.7 Å². The van der Waals surface area contributed by atoms with Gasteiger partial charge in [0.15, 0.2) is 0 Å². The van der Waals surface area contributed by atoms with E-state index in [0.29, 0.717) is 5.92 Å². The van der Waals surface area contributed by atoms with E-state index in [1.54, 1.807) is 0 Å². The zero-order valence-electron chi connectivity index (χ0n) is 10.0. The Morgan fingerprint density at radius 3 is 2.62 bits per heavy atom. The standard InChI is InChI=1S/C12H18BrN3/c1-4-5-9-10(13)12(14-3)16-11(15-9)8-6-7(8)2/h7-8H,4-6H2,1-3H3,(H,14,15,16). The summed E-state index contributed by atoms with van der Waals surface area (Å²) >= 11 is 3.57. The first-order valence-electron chi connectivity index (χ1n) is 5.91. The highest BCUT2D eigenvalue weighted by Gasteiger charge is 2.37. The highest BCUT2D eigenvalue weighted by atomic mass is 79.9. The minimum atomic E-state index is 0.579. The van der Waals surface area contributed by atoms with Gasteiger partial charge in [-0.2, -0.15) is 0 Å². The van der Waals surface area contributed by atoms with Crippen LogP contribution < -0.4 is 5.32 Å². The number of nitrogens with zero attached hydrogens (tertiary/aromatic N) is 2. The van der Waals surface area contributed by atoms with Crippen LogP contribution in [0.3, 0.4) is 0 Å². The van der Waals surface area contributed by atoms with Crippen molar-refractivity contribution in [3.8, 4) is 0 Å². The van der Waals surface area contributed by atoms with Gasteiger partial charge in [0.05, 0.1) is 10.2 Å². The minimum absolute atomic E-state index is 0.579. The summed E-state index contributed by atoms with van der Waals surface area (Å²) in [5, 5.41) is 3.13.